The highest BCUT2D eigenvalue weighted by Crippen LogP contribution is 2.65. The van der Waals surface area contributed by atoms with Gasteiger partial charge in [-0.3, -0.25) is 0 Å². The molecule has 1 heteroatoms. The van der Waals surface area contributed by atoms with Crippen LogP contribution in [0.3, 0.4) is 0 Å². The van der Waals surface area contributed by atoms with E-state index in [9.17, 15) is 0 Å². The Morgan fingerprint density at radius 2 is 0.851 bits per heavy atom. The average Bonchev–Trinajstić information content (AvgIpc) is 3.57. The van der Waals surface area contributed by atoms with Gasteiger partial charge in [0.15, 0.2) is 0 Å². The largest absolute Gasteiger partial charge is 0.135 e. The van der Waals surface area contributed by atoms with E-state index in [1.807, 2.05) is 0 Å². The molecule has 4 aliphatic carbocycles. The Kier molecular flexibility index (Phi) is 7.23. The summed E-state index contributed by atoms with van der Waals surface area (Å²) in [5.74, 6) is 8.85. The smallest absolute Gasteiger partial charge is 0.0765 e. The third kappa shape index (κ3) is 4.38. The molecule has 224 valence electrons. The minimum Gasteiger partial charge on any atom is -0.0765 e. The summed E-state index contributed by atoms with van der Waals surface area (Å²) in [6, 6.07) is 40.7. The zero-order valence-electron chi connectivity index (χ0n) is 26.8. The van der Waals surface area contributed by atoms with Gasteiger partial charge in [0.05, 0.1) is 0 Å². The molecule has 9 rings (SSSR count). The Bertz CT molecular complexity index is 1740. The first-order chi connectivity index (χ1) is 23.2. The molecule has 0 aromatic heterocycles. The highest BCUT2D eigenvalue weighted by molar-refractivity contribution is 7.14. The van der Waals surface area contributed by atoms with Crippen molar-refractivity contribution >= 4 is 18.4 Å². The van der Waals surface area contributed by atoms with Crippen molar-refractivity contribution in [3.8, 4) is 11.1 Å². The number of hydrogen-bond acceptors (Lipinski definition) is 0. The van der Waals surface area contributed by atoms with Crippen molar-refractivity contribution in [1.82, 2.24) is 0 Å². The maximum absolute atomic E-state index is 2.83. The van der Waals surface area contributed by atoms with Crippen LogP contribution in [0.4, 0.5) is 0 Å². The molecule has 5 aliphatic rings. The fraction of sp³-hybridized carbons (Fsp3) is 0.0870. The molecule has 0 amide bonds. The van der Waals surface area contributed by atoms with Crippen LogP contribution < -0.4 is 10.4 Å². The van der Waals surface area contributed by atoms with Crippen LogP contribution in [0.5, 0.6) is 0 Å². The first kappa shape index (κ1) is 29.2. The first-order valence-electron chi connectivity index (χ1n) is 16.8. The summed E-state index contributed by atoms with van der Waals surface area (Å²) < 4.78 is 0. The van der Waals surface area contributed by atoms with Crippen LogP contribution in [-0.2, 0) is 0 Å². The molecule has 1 heterocycles. The average molecular weight is 617 g/mol. The van der Waals surface area contributed by atoms with Crippen molar-refractivity contribution in [2.24, 2.45) is 0 Å². The maximum atomic E-state index is 2.52. The van der Waals surface area contributed by atoms with E-state index in [0.717, 1.165) is 0 Å². The van der Waals surface area contributed by atoms with Crippen LogP contribution in [0.15, 0.2) is 158 Å². The molecule has 4 aromatic rings. The van der Waals surface area contributed by atoms with Gasteiger partial charge in [0.2, 0.25) is 0 Å². The number of allylic oxidation sites excluding steroid dienone is 8. The SMILES string of the molecule is C[C]1[CH][C]2[C](C=CC=CC2c2ccccc2)[C]1[Si]1([C]2[C](C)[CH][C]3[C]2C=CC=CC3c2ccccc2)c2ccccc2-c2ccccc21. The van der Waals surface area contributed by atoms with Crippen LogP contribution in [-0.4, -0.2) is 8.07 Å². The predicted octanol–water partition coefficient (Wildman–Crippen LogP) is 9.20. The highest BCUT2D eigenvalue weighted by atomic mass is 28.3. The van der Waals surface area contributed by atoms with Gasteiger partial charge < -0.3 is 0 Å². The Morgan fingerprint density at radius 1 is 0.447 bits per heavy atom. The van der Waals surface area contributed by atoms with Gasteiger partial charge >= 0.3 is 0 Å². The zero-order chi connectivity index (χ0) is 31.5. The highest BCUT2D eigenvalue weighted by Gasteiger charge is 2.67. The molecule has 0 bridgehead atoms. The van der Waals surface area contributed by atoms with Crippen molar-refractivity contribution in [2.45, 2.75) is 25.7 Å². The molecule has 2 fully saturated rings. The standard InChI is InChI=1S/C46H36Si/c1-31-29-41-35(33-17-5-3-6-18-33)21-9-11-25-39(41)45(31)47(43-27-15-13-23-37(43)38-24-14-16-28-44(38)47)46-32(2)30-42-36(22-10-12-26-40(42)46)34-19-7-4-8-20-34/h3-30,35-36H,1-2H3. The molecule has 0 N–H and O–H groups in total. The first-order valence-corrected chi connectivity index (χ1v) is 18.8. The quantitative estimate of drug-likeness (QED) is 0.201. The zero-order valence-corrected chi connectivity index (χ0v) is 27.8. The van der Waals surface area contributed by atoms with Gasteiger partial charge in [0, 0.05) is 35.5 Å². The van der Waals surface area contributed by atoms with Crippen molar-refractivity contribution in [2.75, 3.05) is 0 Å². The molecule has 2 unspecified atom stereocenters. The van der Waals surface area contributed by atoms with E-state index in [1.165, 1.54) is 68.1 Å². The van der Waals surface area contributed by atoms with Crippen molar-refractivity contribution in [1.29, 1.82) is 0 Å². The minimum absolute atomic E-state index is 0.205. The summed E-state index contributed by atoms with van der Waals surface area (Å²) in [6.07, 6.45) is 23.7. The lowest BCUT2D eigenvalue weighted by molar-refractivity contribution is 0.877. The van der Waals surface area contributed by atoms with Gasteiger partial charge in [-0.2, -0.15) is 0 Å². The molecular weight excluding hydrogens is 581 g/mol. The predicted molar refractivity (Wildman–Crippen MR) is 198 cm³/mol. The van der Waals surface area contributed by atoms with Crippen molar-refractivity contribution in [3.05, 3.63) is 228 Å². The van der Waals surface area contributed by atoms with E-state index >= 15 is 0 Å². The number of benzene rings is 4. The second-order valence-corrected chi connectivity index (χ2v) is 16.8. The number of hydrogen-bond donors (Lipinski definition) is 0. The third-order valence-corrected chi connectivity index (χ3v) is 16.1. The Balaban J connectivity index is 1.26. The van der Waals surface area contributed by atoms with E-state index in [1.54, 1.807) is 11.1 Å². The van der Waals surface area contributed by atoms with Crippen LogP contribution in [0, 0.1) is 59.4 Å². The summed E-state index contributed by atoms with van der Waals surface area (Å²) in [5, 5.41) is 3.02. The lowest BCUT2D eigenvalue weighted by atomic mass is 9.80. The van der Waals surface area contributed by atoms with Gasteiger partial charge in [-0.25, -0.2) is 0 Å². The van der Waals surface area contributed by atoms with Gasteiger partial charge in [-0.1, -0.05) is 172 Å². The van der Waals surface area contributed by atoms with E-state index in [-0.39, 0.29) is 11.8 Å². The second-order valence-electron chi connectivity index (χ2n) is 13.2. The van der Waals surface area contributed by atoms with Crippen LogP contribution >= 0.6 is 0 Å². The lowest BCUT2D eigenvalue weighted by Crippen LogP contribution is -2.67. The summed E-state index contributed by atoms with van der Waals surface area (Å²) in [5.41, 5.74) is 8.55. The molecule has 47 heavy (non-hydrogen) atoms. The van der Waals surface area contributed by atoms with E-state index in [2.05, 4.69) is 184 Å². The van der Waals surface area contributed by atoms with Gasteiger partial charge in [-0.05, 0) is 68.4 Å². The molecule has 2 atom stereocenters. The normalized spacial score (nSPS) is 25.1. The Hall–Kier alpha value is -3.94. The van der Waals surface area contributed by atoms with Crippen LogP contribution in [0.1, 0.15) is 36.8 Å². The molecule has 1 aliphatic heterocycles. The summed E-state index contributed by atoms with van der Waals surface area (Å²) >= 11 is 0. The summed E-state index contributed by atoms with van der Waals surface area (Å²) in [7, 11) is -2.83. The van der Waals surface area contributed by atoms with E-state index in [4.69, 9.17) is 0 Å². The van der Waals surface area contributed by atoms with E-state index in [0.29, 0.717) is 0 Å². The fourth-order valence-electron chi connectivity index (χ4n) is 9.01. The molecule has 0 saturated heterocycles. The molecule has 0 spiro atoms. The van der Waals surface area contributed by atoms with Crippen LogP contribution in [0.2, 0.25) is 0 Å². The second kappa shape index (κ2) is 11.6. The number of rotatable bonds is 4. The topological polar surface area (TPSA) is 0 Å². The van der Waals surface area contributed by atoms with Gasteiger partial charge in [-0.15, -0.1) is 0 Å². The van der Waals surface area contributed by atoms with Gasteiger partial charge in [0.1, 0.15) is 8.07 Å². The maximum Gasteiger partial charge on any atom is 0.135 e. The molecule has 2 saturated carbocycles. The number of fused-ring (bicyclic) bond motifs is 5. The van der Waals surface area contributed by atoms with Gasteiger partial charge in [0.25, 0.3) is 0 Å². The third-order valence-electron chi connectivity index (χ3n) is 10.7. The molecule has 4 aromatic carbocycles. The molecular formula is C46H36Si. The molecule has 10 radical (unpaired) electrons. The lowest BCUT2D eigenvalue weighted by Gasteiger charge is -2.47. The van der Waals surface area contributed by atoms with E-state index < -0.39 is 8.07 Å². The summed E-state index contributed by atoms with van der Waals surface area (Å²) in [4.78, 5) is 0. The summed E-state index contributed by atoms with van der Waals surface area (Å²) in [6.45, 7) is 4.76. The van der Waals surface area contributed by atoms with Crippen LogP contribution in [0.25, 0.3) is 11.1 Å². The fourth-order valence-corrected chi connectivity index (χ4v) is 15.2. The Morgan fingerprint density at radius 3 is 1.30 bits per heavy atom. The molecule has 0 nitrogen and oxygen atoms in total. The monoisotopic (exact) mass is 616 g/mol. The van der Waals surface area contributed by atoms with Crippen molar-refractivity contribution < 1.29 is 0 Å². The van der Waals surface area contributed by atoms with Crippen molar-refractivity contribution in [3.63, 3.8) is 0 Å². The minimum atomic E-state index is -2.83. The Labute approximate surface area is 282 Å².